The van der Waals surface area contributed by atoms with Crippen LogP contribution < -0.4 is 15.8 Å². The van der Waals surface area contributed by atoms with Gasteiger partial charge in [-0.1, -0.05) is 26.7 Å². The molecule has 4 heteroatoms. The molecule has 1 amide bonds. The maximum atomic E-state index is 12.2. The molecule has 1 aromatic carbocycles. The van der Waals surface area contributed by atoms with Gasteiger partial charge in [0.25, 0.3) is 0 Å². The van der Waals surface area contributed by atoms with Gasteiger partial charge < -0.3 is 15.8 Å². The van der Waals surface area contributed by atoms with Crippen LogP contribution in [0.4, 0.5) is 5.69 Å². The lowest BCUT2D eigenvalue weighted by molar-refractivity contribution is -0.127. The largest absolute Gasteiger partial charge is 0.497 e. The normalized spacial score (nSPS) is 24.9. The Morgan fingerprint density at radius 1 is 1.20 bits per heavy atom. The molecule has 20 heavy (non-hydrogen) atoms. The van der Waals surface area contributed by atoms with Gasteiger partial charge in [-0.15, -0.1) is 0 Å². The Bertz CT molecular complexity index is 482. The number of ether oxygens (including phenoxy) is 1. The van der Waals surface area contributed by atoms with Gasteiger partial charge in [-0.25, -0.2) is 0 Å². The van der Waals surface area contributed by atoms with Crippen molar-refractivity contribution in [2.45, 2.75) is 45.1 Å². The van der Waals surface area contributed by atoms with E-state index >= 15 is 0 Å². The summed E-state index contributed by atoms with van der Waals surface area (Å²) in [6.07, 6.45) is 3.95. The second-order valence-corrected chi connectivity index (χ2v) is 6.21. The number of hydrogen-bond acceptors (Lipinski definition) is 3. The van der Waals surface area contributed by atoms with Gasteiger partial charge in [-0.05, 0) is 42.5 Å². The zero-order valence-electron chi connectivity index (χ0n) is 12.5. The van der Waals surface area contributed by atoms with Crippen LogP contribution in [-0.2, 0) is 4.79 Å². The first kappa shape index (κ1) is 14.7. The predicted octanol–water partition coefficient (Wildman–Crippen LogP) is 2.93. The second kappa shape index (κ2) is 5.35. The van der Waals surface area contributed by atoms with Crippen molar-refractivity contribution in [3.63, 3.8) is 0 Å². The van der Waals surface area contributed by atoms with Gasteiger partial charge in [-0.2, -0.15) is 0 Å². The summed E-state index contributed by atoms with van der Waals surface area (Å²) < 4.78 is 5.15. The Morgan fingerprint density at radius 2 is 1.80 bits per heavy atom. The summed E-state index contributed by atoms with van der Waals surface area (Å²) in [6, 6.07) is 7.61. The molecule has 0 aromatic heterocycles. The molecule has 110 valence electrons. The molecule has 0 heterocycles. The van der Waals surface area contributed by atoms with Gasteiger partial charge in [0, 0.05) is 5.69 Å². The van der Waals surface area contributed by atoms with E-state index < -0.39 is 5.54 Å². The van der Waals surface area contributed by atoms with E-state index in [1.54, 1.807) is 7.11 Å². The topological polar surface area (TPSA) is 64.3 Å². The van der Waals surface area contributed by atoms with Gasteiger partial charge >= 0.3 is 0 Å². The predicted molar refractivity (Wildman–Crippen MR) is 80.8 cm³/mol. The molecule has 2 rings (SSSR count). The number of hydrogen-bond donors (Lipinski definition) is 2. The first-order valence-corrected chi connectivity index (χ1v) is 7.13. The second-order valence-electron chi connectivity index (χ2n) is 6.21. The number of nitrogens with two attached hydrogens (primary N) is 1. The highest BCUT2D eigenvalue weighted by Crippen LogP contribution is 2.45. The number of rotatable bonds is 4. The zero-order valence-corrected chi connectivity index (χ0v) is 12.5. The minimum Gasteiger partial charge on any atom is -0.497 e. The van der Waals surface area contributed by atoms with Crippen LogP contribution >= 0.6 is 0 Å². The summed E-state index contributed by atoms with van der Waals surface area (Å²) in [5.41, 5.74) is 5.82. The van der Waals surface area contributed by atoms with E-state index in [9.17, 15) is 4.79 Å². The molecule has 1 aromatic rings. The number of nitrogens with one attached hydrogen (secondary N) is 1. The minimum atomic E-state index is -0.681. The summed E-state index contributed by atoms with van der Waals surface area (Å²) in [5.74, 6) is 0.532. The van der Waals surface area contributed by atoms with Gasteiger partial charge in [0.1, 0.15) is 11.3 Å². The molecule has 0 spiro atoms. The van der Waals surface area contributed by atoms with Crippen molar-refractivity contribution >= 4 is 11.6 Å². The van der Waals surface area contributed by atoms with E-state index in [1.165, 1.54) is 0 Å². The van der Waals surface area contributed by atoms with E-state index in [2.05, 4.69) is 19.2 Å². The number of anilines is 1. The molecule has 1 atom stereocenters. The van der Waals surface area contributed by atoms with Crippen molar-refractivity contribution in [3.8, 4) is 5.75 Å². The van der Waals surface area contributed by atoms with Crippen molar-refractivity contribution < 1.29 is 9.53 Å². The standard InChI is InChI=1S/C16H24N2O2/c1-15(2)10-4-5-11-16(15,14(17)19)18-12-6-8-13(20-3)9-7-12/h6-9,18H,4-5,10-11H2,1-3H3,(H2,17,19). The highest BCUT2D eigenvalue weighted by atomic mass is 16.5. The summed E-state index contributed by atoms with van der Waals surface area (Å²) in [5, 5.41) is 3.41. The molecule has 0 radical (unpaired) electrons. The Morgan fingerprint density at radius 3 is 2.30 bits per heavy atom. The molecule has 1 saturated carbocycles. The van der Waals surface area contributed by atoms with Crippen LogP contribution in [0.3, 0.4) is 0 Å². The summed E-state index contributed by atoms with van der Waals surface area (Å²) in [6.45, 7) is 4.24. The monoisotopic (exact) mass is 276 g/mol. The Hall–Kier alpha value is -1.71. The lowest BCUT2D eigenvalue weighted by atomic mass is 9.62. The van der Waals surface area contributed by atoms with E-state index in [1.807, 2.05) is 24.3 Å². The first-order chi connectivity index (χ1) is 9.41. The first-order valence-electron chi connectivity index (χ1n) is 7.13. The average molecular weight is 276 g/mol. The molecular formula is C16H24N2O2. The van der Waals surface area contributed by atoms with Crippen LogP contribution in [0.25, 0.3) is 0 Å². The number of methoxy groups -OCH3 is 1. The van der Waals surface area contributed by atoms with E-state index in [-0.39, 0.29) is 11.3 Å². The fraction of sp³-hybridized carbons (Fsp3) is 0.562. The third-order valence-electron chi connectivity index (χ3n) is 4.63. The highest BCUT2D eigenvalue weighted by Gasteiger charge is 2.51. The lowest BCUT2D eigenvalue weighted by Crippen LogP contribution is -2.61. The third-order valence-corrected chi connectivity index (χ3v) is 4.63. The van der Waals surface area contributed by atoms with Crippen molar-refractivity contribution in [2.24, 2.45) is 11.1 Å². The van der Waals surface area contributed by atoms with Gasteiger partial charge in [0.15, 0.2) is 0 Å². The molecule has 4 nitrogen and oxygen atoms in total. The molecule has 1 unspecified atom stereocenters. The zero-order chi connectivity index (χ0) is 14.8. The van der Waals surface area contributed by atoms with Crippen molar-refractivity contribution in [1.29, 1.82) is 0 Å². The molecule has 0 saturated heterocycles. The maximum Gasteiger partial charge on any atom is 0.243 e. The average Bonchev–Trinajstić information content (AvgIpc) is 2.41. The van der Waals surface area contributed by atoms with E-state index in [0.29, 0.717) is 0 Å². The van der Waals surface area contributed by atoms with E-state index in [0.717, 1.165) is 37.1 Å². The number of amides is 1. The molecular weight excluding hydrogens is 252 g/mol. The molecule has 0 aliphatic heterocycles. The fourth-order valence-corrected chi connectivity index (χ4v) is 3.18. The van der Waals surface area contributed by atoms with Crippen LogP contribution in [0.2, 0.25) is 0 Å². The molecule has 1 fully saturated rings. The Labute approximate surface area is 120 Å². The van der Waals surface area contributed by atoms with E-state index in [4.69, 9.17) is 10.5 Å². The summed E-state index contributed by atoms with van der Waals surface area (Å²) >= 11 is 0. The maximum absolute atomic E-state index is 12.2. The van der Waals surface area contributed by atoms with Crippen molar-refractivity contribution in [2.75, 3.05) is 12.4 Å². The van der Waals surface area contributed by atoms with Crippen molar-refractivity contribution in [1.82, 2.24) is 0 Å². The quantitative estimate of drug-likeness (QED) is 0.888. The van der Waals surface area contributed by atoms with Crippen LogP contribution in [0.5, 0.6) is 5.75 Å². The number of primary amides is 1. The van der Waals surface area contributed by atoms with Gasteiger partial charge in [0.05, 0.1) is 7.11 Å². The van der Waals surface area contributed by atoms with Crippen LogP contribution in [0, 0.1) is 5.41 Å². The number of benzene rings is 1. The van der Waals surface area contributed by atoms with Crippen molar-refractivity contribution in [3.05, 3.63) is 24.3 Å². The van der Waals surface area contributed by atoms with Gasteiger partial charge in [-0.3, -0.25) is 4.79 Å². The molecule has 3 N–H and O–H groups in total. The molecule has 0 bridgehead atoms. The number of carbonyl (C=O) groups excluding carboxylic acids is 1. The lowest BCUT2D eigenvalue weighted by Gasteiger charge is -2.49. The van der Waals surface area contributed by atoms with Crippen LogP contribution in [0.1, 0.15) is 39.5 Å². The van der Waals surface area contributed by atoms with Crippen LogP contribution in [0.15, 0.2) is 24.3 Å². The summed E-state index contributed by atoms with van der Waals surface area (Å²) in [4.78, 5) is 12.2. The number of carbonyl (C=O) groups is 1. The molecule has 1 aliphatic rings. The van der Waals surface area contributed by atoms with Crippen LogP contribution in [-0.4, -0.2) is 18.6 Å². The highest BCUT2D eigenvalue weighted by molar-refractivity contribution is 5.89. The summed E-state index contributed by atoms with van der Waals surface area (Å²) in [7, 11) is 1.64. The minimum absolute atomic E-state index is 0.156. The van der Waals surface area contributed by atoms with Gasteiger partial charge in [0.2, 0.25) is 5.91 Å². The Kier molecular flexibility index (Phi) is 3.93. The molecule has 1 aliphatic carbocycles. The fourth-order valence-electron chi connectivity index (χ4n) is 3.18. The smallest absolute Gasteiger partial charge is 0.243 e. The third kappa shape index (κ3) is 2.47. The Balaban J connectivity index is 2.31. The SMILES string of the molecule is COc1ccc(NC2(C(N)=O)CCCCC2(C)C)cc1.